The van der Waals surface area contributed by atoms with Gasteiger partial charge in [-0.25, -0.2) is 14.8 Å². The van der Waals surface area contributed by atoms with Gasteiger partial charge in [-0.05, 0) is 30.7 Å². The molecule has 46 heavy (non-hydrogen) atoms. The number of hydrogen-bond donors (Lipinski definition) is 10. The van der Waals surface area contributed by atoms with E-state index in [1.165, 1.54) is 30.5 Å². The van der Waals surface area contributed by atoms with Crippen molar-refractivity contribution >= 4 is 58.9 Å². The maximum atomic E-state index is 12.6. The number of rotatable bonds is 18. The highest BCUT2D eigenvalue weighted by Crippen LogP contribution is 2.13. The molecule has 20 nitrogen and oxygen atoms in total. The second-order valence-corrected chi connectivity index (χ2v) is 9.40. The van der Waals surface area contributed by atoms with Gasteiger partial charge in [-0.3, -0.25) is 33.6 Å². The van der Waals surface area contributed by atoms with E-state index < -0.39 is 85.5 Å². The number of hydrogen-bond acceptors (Lipinski definition) is 12. The molecule has 0 aliphatic carbocycles. The van der Waals surface area contributed by atoms with Crippen LogP contribution in [0.25, 0.3) is 0 Å². The molecule has 0 aliphatic rings. The van der Waals surface area contributed by atoms with Crippen molar-refractivity contribution in [3.63, 3.8) is 0 Å². The monoisotopic (exact) mass is 645 g/mol. The van der Waals surface area contributed by atoms with Crippen LogP contribution in [0.3, 0.4) is 0 Å². The number of nitrogens with two attached hydrogens (primary N) is 2. The Kier molecular flexibility index (Phi) is 13.3. The Morgan fingerprint density at radius 3 is 2.09 bits per heavy atom. The Morgan fingerprint density at radius 2 is 1.50 bits per heavy atom. The van der Waals surface area contributed by atoms with E-state index in [9.17, 15) is 43.5 Å². The highest BCUT2D eigenvalue weighted by Gasteiger charge is 2.25. The standard InChI is InChI=1S/C26H31N9O11/c27-22-21(23(28)42)33-14(9-31-22)8-29-13-3-1-12(2-4-13)24(43)35-15(26(45)46)5-6-17(36)30-10-18(37)34-16(7-19(38)39)25(44)32-11-20(40)41/h1-4,9,15-16,29H,5-8,10-11H2,(H2,27,31)(H2,28,42)(H,30,36)(H,32,44)(H,34,37)(H,35,43)(H,38,39)(H,40,41)(H,45,46). The van der Waals surface area contributed by atoms with E-state index >= 15 is 0 Å². The fourth-order valence-electron chi connectivity index (χ4n) is 3.59. The molecular formula is C26H31N9O11. The minimum absolute atomic E-state index is 0.101. The molecular weight excluding hydrogens is 614 g/mol. The average molecular weight is 646 g/mol. The summed E-state index contributed by atoms with van der Waals surface area (Å²) in [5.41, 5.74) is 11.6. The molecule has 5 amide bonds. The minimum atomic E-state index is -1.62. The fraction of sp³-hybridized carbons (Fsp3) is 0.308. The molecule has 12 N–H and O–H groups in total. The predicted octanol–water partition coefficient (Wildman–Crippen LogP) is -2.99. The van der Waals surface area contributed by atoms with Crippen LogP contribution in [-0.4, -0.2) is 97.9 Å². The molecule has 0 saturated heterocycles. The van der Waals surface area contributed by atoms with E-state index in [0.29, 0.717) is 11.4 Å². The van der Waals surface area contributed by atoms with Crippen molar-refractivity contribution in [2.75, 3.05) is 24.1 Å². The Hall–Kier alpha value is -6.34. The molecule has 1 aromatic heterocycles. The smallest absolute Gasteiger partial charge is 0.326 e. The first-order chi connectivity index (χ1) is 21.7. The number of amides is 5. The van der Waals surface area contributed by atoms with E-state index in [4.69, 9.17) is 21.7 Å². The summed E-state index contributed by atoms with van der Waals surface area (Å²) in [5, 5.41) is 38.5. The molecule has 0 bridgehead atoms. The number of nitrogen functional groups attached to an aromatic ring is 1. The Bertz CT molecular complexity index is 1500. The van der Waals surface area contributed by atoms with E-state index in [0.717, 1.165) is 0 Å². The second-order valence-electron chi connectivity index (χ2n) is 9.40. The predicted molar refractivity (Wildman–Crippen MR) is 155 cm³/mol. The van der Waals surface area contributed by atoms with Gasteiger partial charge in [0.25, 0.3) is 11.8 Å². The van der Waals surface area contributed by atoms with Gasteiger partial charge in [-0.15, -0.1) is 0 Å². The van der Waals surface area contributed by atoms with Crippen molar-refractivity contribution in [3.8, 4) is 0 Å². The number of carbonyl (C=O) groups excluding carboxylic acids is 5. The zero-order chi connectivity index (χ0) is 34.4. The van der Waals surface area contributed by atoms with Gasteiger partial charge in [0.2, 0.25) is 17.7 Å². The maximum absolute atomic E-state index is 12.6. The van der Waals surface area contributed by atoms with Gasteiger partial charge in [0.05, 0.1) is 31.4 Å². The summed E-state index contributed by atoms with van der Waals surface area (Å²) >= 11 is 0. The fourth-order valence-corrected chi connectivity index (χ4v) is 3.59. The van der Waals surface area contributed by atoms with Crippen LogP contribution in [0.1, 0.15) is 45.8 Å². The van der Waals surface area contributed by atoms with Gasteiger partial charge in [0.15, 0.2) is 11.5 Å². The Balaban J connectivity index is 1.85. The molecule has 246 valence electrons. The van der Waals surface area contributed by atoms with Gasteiger partial charge in [0, 0.05) is 17.7 Å². The lowest BCUT2D eigenvalue weighted by molar-refractivity contribution is -0.142. The summed E-state index contributed by atoms with van der Waals surface area (Å²) in [6.45, 7) is -1.38. The first kappa shape index (κ1) is 35.9. The summed E-state index contributed by atoms with van der Waals surface area (Å²) < 4.78 is 0. The molecule has 0 radical (unpaired) electrons. The molecule has 1 heterocycles. The van der Waals surface area contributed by atoms with Crippen LogP contribution in [0.4, 0.5) is 11.5 Å². The summed E-state index contributed by atoms with van der Waals surface area (Å²) in [7, 11) is 0. The zero-order valence-corrected chi connectivity index (χ0v) is 23.9. The molecule has 1 aromatic carbocycles. The number of nitrogens with one attached hydrogen (secondary N) is 5. The highest BCUT2D eigenvalue weighted by atomic mass is 16.4. The molecule has 20 heteroatoms. The van der Waals surface area contributed by atoms with Gasteiger partial charge in [-0.2, -0.15) is 0 Å². The first-order valence-electron chi connectivity index (χ1n) is 13.2. The second kappa shape index (κ2) is 17.1. The number of aliphatic carboxylic acids is 3. The maximum Gasteiger partial charge on any atom is 0.326 e. The van der Waals surface area contributed by atoms with Crippen LogP contribution in [0.5, 0.6) is 0 Å². The zero-order valence-electron chi connectivity index (χ0n) is 23.9. The molecule has 2 unspecified atom stereocenters. The molecule has 2 rings (SSSR count). The van der Waals surface area contributed by atoms with E-state index in [-0.39, 0.29) is 30.0 Å². The SMILES string of the molecule is NC(=O)c1nc(CNc2ccc(C(=O)NC(CCC(=O)NCC(=O)NC(CC(=O)O)C(=O)NCC(=O)O)C(=O)O)cc2)cnc1N. The third kappa shape index (κ3) is 12.1. The summed E-state index contributed by atoms with van der Waals surface area (Å²) in [4.78, 5) is 101. The molecule has 2 atom stereocenters. The van der Waals surface area contributed by atoms with Gasteiger partial charge in [0.1, 0.15) is 18.6 Å². The van der Waals surface area contributed by atoms with Crippen molar-refractivity contribution in [3.05, 3.63) is 47.4 Å². The lowest BCUT2D eigenvalue weighted by atomic mass is 10.1. The van der Waals surface area contributed by atoms with Crippen molar-refractivity contribution in [2.24, 2.45) is 5.73 Å². The van der Waals surface area contributed by atoms with Crippen LogP contribution in [0, 0.1) is 0 Å². The van der Waals surface area contributed by atoms with Crippen molar-refractivity contribution in [2.45, 2.75) is 37.9 Å². The number of carboxylic acids is 3. The van der Waals surface area contributed by atoms with E-state index in [1.807, 2.05) is 5.32 Å². The Morgan fingerprint density at radius 1 is 0.826 bits per heavy atom. The van der Waals surface area contributed by atoms with Crippen molar-refractivity contribution in [1.82, 2.24) is 31.2 Å². The van der Waals surface area contributed by atoms with Crippen LogP contribution in [0.15, 0.2) is 30.5 Å². The van der Waals surface area contributed by atoms with Crippen molar-refractivity contribution < 1.29 is 53.7 Å². The van der Waals surface area contributed by atoms with Gasteiger partial charge >= 0.3 is 17.9 Å². The number of carboxylic acid groups (broad SMARTS) is 3. The third-order valence-corrected chi connectivity index (χ3v) is 5.86. The van der Waals surface area contributed by atoms with Crippen LogP contribution < -0.4 is 38.1 Å². The van der Waals surface area contributed by atoms with Crippen LogP contribution >= 0.6 is 0 Å². The quantitative estimate of drug-likeness (QED) is 0.0772. The average Bonchev–Trinajstić information content (AvgIpc) is 2.99. The molecule has 0 fully saturated rings. The van der Waals surface area contributed by atoms with Crippen molar-refractivity contribution in [1.29, 1.82) is 0 Å². The molecule has 0 aliphatic heterocycles. The first-order valence-corrected chi connectivity index (χ1v) is 13.2. The van der Waals surface area contributed by atoms with Gasteiger partial charge < -0.3 is 53.4 Å². The number of benzene rings is 1. The lowest BCUT2D eigenvalue weighted by Crippen LogP contribution is -2.51. The van der Waals surface area contributed by atoms with Crippen LogP contribution in [0.2, 0.25) is 0 Å². The summed E-state index contributed by atoms with van der Waals surface area (Å²) in [6, 6.07) is 2.77. The summed E-state index contributed by atoms with van der Waals surface area (Å²) in [6.07, 6.45) is -0.301. The molecule has 0 saturated carbocycles. The largest absolute Gasteiger partial charge is 0.481 e. The Labute approximate surface area is 259 Å². The minimum Gasteiger partial charge on any atom is -0.481 e. The van der Waals surface area contributed by atoms with E-state index in [2.05, 4.69) is 31.2 Å². The third-order valence-electron chi connectivity index (χ3n) is 5.86. The number of carbonyl (C=O) groups is 8. The number of nitrogens with zero attached hydrogens (tertiary/aromatic N) is 2. The van der Waals surface area contributed by atoms with Crippen LogP contribution in [-0.2, 0) is 35.3 Å². The number of aromatic nitrogens is 2. The van der Waals surface area contributed by atoms with Gasteiger partial charge in [-0.1, -0.05) is 0 Å². The summed E-state index contributed by atoms with van der Waals surface area (Å²) in [5.74, 6) is -8.80. The number of primary amides is 1. The molecule has 2 aromatic rings. The highest BCUT2D eigenvalue weighted by molar-refractivity contribution is 5.97. The lowest BCUT2D eigenvalue weighted by Gasteiger charge is -2.17. The normalized spacial score (nSPS) is 11.7. The van der Waals surface area contributed by atoms with E-state index in [1.54, 1.807) is 0 Å². The number of anilines is 2. The molecule has 0 spiro atoms. The topological polar surface area (TPSA) is 335 Å².